The molecule has 0 aliphatic carbocycles. The summed E-state index contributed by atoms with van der Waals surface area (Å²) in [4.78, 5) is 73.1. The molecule has 0 radical (unpaired) electrons. The summed E-state index contributed by atoms with van der Waals surface area (Å²) in [6.07, 6.45) is 78.4. The van der Waals surface area contributed by atoms with Gasteiger partial charge >= 0.3 is 39.5 Å². The summed E-state index contributed by atoms with van der Waals surface area (Å²) >= 11 is 0. The maximum atomic E-state index is 13.1. The van der Waals surface area contributed by atoms with Crippen molar-refractivity contribution >= 4 is 39.5 Å². The molecular formula is C83H148O17P2. The van der Waals surface area contributed by atoms with Gasteiger partial charge in [-0.2, -0.15) is 0 Å². The summed E-state index contributed by atoms with van der Waals surface area (Å²) in [5.41, 5.74) is 0. The second-order valence-electron chi connectivity index (χ2n) is 27.3. The number of hydrogen-bond donors (Lipinski definition) is 3. The molecule has 3 N–H and O–H groups in total. The average Bonchev–Trinajstić information content (AvgIpc) is 0.919. The summed E-state index contributed by atoms with van der Waals surface area (Å²) < 4.78 is 68.6. The number of aliphatic hydroxyl groups is 1. The monoisotopic (exact) mass is 1480 g/mol. The molecule has 0 aromatic carbocycles. The first-order valence-electron chi connectivity index (χ1n) is 40.8. The fraction of sp³-hybridized carbons (Fsp3) is 0.783. The van der Waals surface area contributed by atoms with Crippen molar-refractivity contribution in [2.24, 2.45) is 0 Å². The normalized spacial score (nSPS) is 14.3. The summed E-state index contributed by atoms with van der Waals surface area (Å²) in [7, 11) is -9.96. The molecule has 0 fully saturated rings. The number of unbranched alkanes of at least 4 members (excludes halogenated alkanes) is 37. The lowest BCUT2D eigenvalue weighted by Gasteiger charge is -2.21. The molecule has 0 rings (SSSR count). The van der Waals surface area contributed by atoms with E-state index < -0.39 is 97.5 Å². The number of ether oxygens (including phenoxy) is 4. The molecule has 0 saturated heterocycles. The van der Waals surface area contributed by atoms with Crippen LogP contribution < -0.4 is 0 Å². The molecule has 19 heteroatoms. The molecule has 0 saturated carbocycles. The highest BCUT2D eigenvalue weighted by molar-refractivity contribution is 7.47. The first-order chi connectivity index (χ1) is 49.7. The highest BCUT2D eigenvalue weighted by atomic mass is 31.2. The number of esters is 4. The van der Waals surface area contributed by atoms with Gasteiger partial charge in [-0.1, -0.05) is 325 Å². The van der Waals surface area contributed by atoms with Crippen LogP contribution in [0.5, 0.6) is 0 Å². The van der Waals surface area contributed by atoms with Crippen molar-refractivity contribution in [1.82, 2.24) is 0 Å². The van der Waals surface area contributed by atoms with Crippen molar-refractivity contribution in [1.29, 1.82) is 0 Å². The van der Waals surface area contributed by atoms with Crippen LogP contribution in [0.25, 0.3) is 0 Å². The second-order valence-corrected chi connectivity index (χ2v) is 30.2. The number of rotatable bonds is 77. The molecule has 0 amide bonds. The molecule has 0 aliphatic heterocycles. The number of phosphoric ester groups is 2. The van der Waals surface area contributed by atoms with E-state index in [1.165, 1.54) is 135 Å². The van der Waals surface area contributed by atoms with Gasteiger partial charge in [-0.05, 0) is 96.3 Å². The Kier molecular flexibility index (Phi) is 72.7. The molecule has 102 heavy (non-hydrogen) atoms. The van der Waals surface area contributed by atoms with Crippen LogP contribution in [0.15, 0.2) is 85.1 Å². The van der Waals surface area contributed by atoms with E-state index in [9.17, 15) is 43.2 Å². The Labute approximate surface area is 621 Å². The van der Waals surface area contributed by atoms with Crippen molar-refractivity contribution in [2.75, 3.05) is 39.6 Å². The maximum absolute atomic E-state index is 13.1. The SMILES string of the molecule is CC/C=C\C/C=C\C/C=C\C/C=C\CCCCC(=O)OC(COC(=O)CCCCCCCCC/C=C\C/C=C\C/C=C\CC)COP(=O)(O)OCC(O)COP(=O)(O)OCC(COC(=O)CCCCCCCCCCCCCCCCC)OC(=O)CCCCCCCCCCCCCCCCC. The van der Waals surface area contributed by atoms with E-state index in [1.54, 1.807) is 0 Å². The molecule has 17 nitrogen and oxygen atoms in total. The van der Waals surface area contributed by atoms with Crippen LogP contribution in [0.3, 0.4) is 0 Å². The quantitative estimate of drug-likeness (QED) is 0.0169. The largest absolute Gasteiger partial charge is 0.472 e. The fourth-order valence-electron chi connectivity index (χ4n) is 11.2. The standard InChI is InChI=1S/C83H148O17P2/c1-5-9-13-17-21-25-29-33-37-38-42-44-48-52-56-60-64-68-81(86)94-74-79(100-83(88)70-66-62-58-54-50-46-41-36-32-28-24-20-16-12-8-4)76-98-102(91,92)96-72-77(84)71-95-101(89,90)97-75-78(99-82(87)69-65-61-57-53-49-45-40-35-31-27-23-19-15-11-7-3)73-93-80(85)67-63-59-55-51-47-43-39-34-30-26-22-18-14-10-6-2/h9,12-13,16,21,24-25,28,33,36-37,41,50,54,77-79,84H,5-8,10-11,14-15,17-20,22-23,26-27,29-32,34-35,38-40,42-49,51-53,55-76H2,1-4H3,(H,89,90)(H,91,92)/b13-9-,16-12-,25-21-,28-24-,37-33-,41-36-,54-50-. The maximum Gasteiger partial charge on any atom is 0.472 e. The van der Waals surface area contributed by atoms with Gasteiger partial charge in [0.2, 0.25) is 0 Å². The zero-order valence-electron chi connectivity index (χ0n) is 64.8. The number of aliphatic hydroxyl groups excluding tert-OH is 1. The van der Waals surface area contributed by atoms with Crippen LogP contribution in [-0.2, 0) is 65.4 Å². The van der Waals surface area contributed by atoms with Crippen molar-refractivity contribution in [3.63, 3.8) is 0 Å². The van der Waals surface area contributed by atoms with E-state index in [-0.39, 0.29) is 25.7 Å². The summed E-state index contributed by atoms with van der Waals surface area (Å²) in [6.45, 7) is 4.67. The minimum atomic E-state index is -4.99. The number of phosphoric acid groups is 2. The van der Waals surface area contributed by atoms with Crippen LogP contribution >= 0.6 is 15.6 Å². The van der Waals surface area contributed by atoms with Gasteiger partial charge in [-0.3, -0.25) is 37.3 Å². The molecule has 0 aromatic rings. The minimum Gasteiger partial charge on any atom is -0.462 e. The minimum absolute atomic E-state index is 0.0417. The highest BCUT2D eigenvalue weighted by Crippen LogP contribution is 2.45. The van der Waals surface area contributed by atoms with E-state index in [4.69, 9.17) is 37.0 Å². The summed E-state index contributed by atoms with van der Waals surface area (Å²) in [6, 6.07) is 0. The smallest absolute Gasteiger partial charge is 0.462 e. The van der Waals surface area contributed by atoms with Gasteiger partial charge < -0.3 is 33.8 Å². The van der Waals surface area contributed by atoms with Gasteiger partial charge in [0, 0.05) is 25.7 Å². The van der Waals surface area contributed by atoms with Crippen LogP contribution in [0.4, 0.5) is 0 Å². The van der Waals surface area contributed by atoms with Gasteiger partial charge in [-0.25, -0.2) is 9.13 Å². The van der Waals surface area contributed by atoms with Gasteiger partial charge in [0.1, 0.15) is 19.3 Å². The number of carbonyl (C=O) groups excluding carboxylic acids is 4. The second kappa shape index (κ2) is 75.5. The lowest BCUT2D eigenvalue weighted by atomic mass is 10.0. The number of hydrogen-bond acceptors (Lipinski definition) is 15. The predicted octanol–water partition coefficient (Wildman–Crippen LogP) is 23.8. The zero-order valence-corrected chi connectivity index (χ0v) is 66.6. The van der Waals surface area contributed by atoms with Gasteiger partial charge in [0.25, 0.3) is 0 Å². The van der Waals surface area contributed by atoms with E-state index in [1.807, 2.05) is 0 Å². The van der Waals surface area contributed by atoms with Crippen LogP contribution in [-0.4, -0.2) is 96.7 Å². The molecule has 0 aromatic heterocycles. The van der Waals surface area contributed by atoms with Crippen molar-refractivity contribution in [2.45, 2.75) is 380 Å². The highest BCUT2D eigenvalue weighted by Gasteiger charge is 2.30. The van der Waals surface area contributed by atoms with Crippen molar-refractivity contribution in [3.8, 4) is 0 Å². The predicted molar refractivity (Wildman–Crippen MR) is 418 cm³/mol. The summed E-state index contributed by atoms with van der Waals surface area (Å²) in [5.74, 6) is -2.20. The molecule has 0 aliphatic rings. The molecule has 0 bridgehead atoms. The fourth-order valence-corrected chi connectivity index (χ4v) is 12.8. The first kappa shape index (κ1) is 98.2. The Morgan fingerprint density at radius 3 is 0.804 bits per heavy atom. The molecule has 592 valence electrons. The first-order valence-corrected chi connectivity index (χ1v) is 43.8. The van der Waals surface area contributed by atoms with Crippen molar-refractivity contribution < 1.29 is 80.2 Å². The Bertz CT molecular complexity index is 2260. The number of allylic oxidation sites excluding steroid dienone is 14. The van der Waals surface area contributed by atoms with Crippen LogP contribution in [0.2, 0.25) is 0 Å². The number of carbonyl (C=O) groups is 4. The Hall–Kier alpha value is -3.76. The topological polar surface area (TPSA) is 237 Å². The van der Waals surface area contributed by atoms with E-state index in [0.29, 0.717) is 32.1 Å². The average molecular weight is 1480 g/mol. The van der Waals surface area contributed by atoms with E-state index >= 15 is 0 Å². The molecule has 5 atom stereocenters. The lowest BCUT2D eigenvalue weighted by molar-refractivity contribution is -0.161. The van der Waals surface area contributed by atoms with Gasteiger partial charge in [-0.15, -0.1) is 0 Å². The van der Waals surface area contributed by atoms with Crippen LogP contribution in [0.1, 0.15) is 362 Å². The summed E-state index contributed by atoms with van der Waals surface area (Å²) in [5, 5.41) is 10.6. The van der Waals surface area contributed by atoms with Crippen LogP contribution in [0, 0.1) is 0 Å². The van der Waals surface area contributed by atoms with Gasteiger partial charge in [0.05, 0.1) is 26.4 Å². The Morgan fingerprint density at radius 2 is 0.510 bits per heavy atom. The molecule has 5 unspecified atom stereocenters. The van der Waals surface area contributed by atoms with E-state index in [0.717, 1.165) is 141 Å². The Balaban J connectivity index is 5.36. The lowest BCUT2D eigenvalue weighted by Crippen LogP contribution is -2.30. The van der Waals surface area contributed by atoms with Gasteiger partial charge in [0.15, 0.2) is 12.2 Å². The van der Waals surface area contributed by atoms with Crippen molar-refractivity contribution in [3.05, 3.63) is 85.1 Å². The molecule has 0 spiro atoms. The Morgan fingerprint density at radius 1 is 0.284 bits per heavy atom. The van der Waals surface area contributed by atoms with E-state index in [2.05, 4.69) is 113 Å². The third kappa shape index (κ3) is 74.5. The molecular weight excluding hydrogens is 1330 g/mol. The third-order valence-corrected chi connectivity index (χ3v) is 19.3. The third-order valence-electron chi connectivity index (χ3n) is 17.4. The zero-order chi connectivity index (χ0) is 74.6. The molecule has 0 heterocycles.